The van der Waals surface area contributed by atoms with Crippen LogP contribution in [-0.4, -0.2) is 35.9 Å². The van der Waals surface area contributed by atoms with Crippen LogP contribution >= 0.6 is 11.6 Å². The monoisotopic (exact) mass is 305 g/mol. The van der Waals surface area contributed by atoms with Crippen molar-refractivity contribution in [3.63, 3.8) is 0 Å². The highest BCUT2D eigenvalue weighted by molar-refractivity contribution is 6.29. The summed E-state index contributed by atoms with van der Waals surface area (Å²) in [6.45, 7) is 5.72. The number of rotatable bonds is 5. The minimum atomic E-state index is 0.400. The Bertz CT molecular complexity index is 761. The van der Waals surface area contributed by atoms with Crippen LogP contribution in [0.1, 0.15) is 17.8 Å². The lowest BCUT2D eigenvalue weighted by Crippen LogP contribution is -2.11. The lowest BCUT2D eigenvalue weighted by molar-refractivity contribution is 0.573. The number of hydrogen-bond acceptors (Lipinski definition) is 5. The number of halogens is 1. The second-order valence-corrected chi connectivity index (χ2v) is 5.25. The number of nitrogens with one attached hydrogen (secondary N) is 1. The first-order valence-corrected chi connectivity index (χ1v) is 7.12. The molecule has 3 heterocycles. The lowest BCUT2D eigenvalue weighted by Gasteiger charge is -2.09. The predicted molar refractivity (Wildman–Crippen MR) is 80.6 cm³/mol. The number of aromatic nitrogens is 6. The SMILES string of the molecule is Cc1cc(C)n(CCCNc2cc(Cl)nc3ncnn23)n1. The van der Waals surface area contributed by atoms with Gasteiger partial charge in [0.2, 0.25) is 0 Å². The molecule has 0 aliphatic rings. The Morgan fingerprint density at radius 2 is 2.14 bits per heavy atom. The van der Waals surface area contributed by atoms with Gasteiger partial charge in [-0.2, -0.15) is 24.7 Å². The molecule has 0 aliphatic heterocycles. The summed E-state index contributed by atoms with van der Waals surface area (Å²) in [4.78, 5) is 8.12. The molecule has 0 saturated carbocycles. The summed E-state index contributed by atoms with van der Waals surface area (Å²) in [5.74, 6) is 1.28. The minimum absolute atomic E-state index is 0.400. The van der Waals surface area contributed by atoms with Crippen LogP contribution in [0.15, 0.2) is 18.5 Å². The van der Waals surface area contributed by atoms with E-state index in [1.54, 1.807) is 10.6 Å². The molecular weight excluding hydrogens is 290 g/mol. The zero-order valence-corrected chi connectivity index (χ0v) is 12.7. The highest BCUT2D eigenvalue weighted by atomic mass is 35.5. The number of aryl methyl sites for hydroxylation is 3. The van der Waals surface area contributed by atoms with E-state index in [1.807, 2.05) is 11.6 Å². The molecule has 3 aromatic rings. The summed E-state index contributed by atoms with van der Waals surface area (Å²) in [6, 6.07) is 3.82. The van der Waals surface area contributed by atoms with E-state index in [2.05, 4.69) is 38.5 Å². The average Bonchev–Trinajstić information content (AvgIpc) is 3.01. The number of nitrogens with zero attached hydrogens (tertiary/aromatic N) is 6. The van der Waals surface area contributed by atoms with E-state index < -0.39 is 0 Å². The summed E-state index contributed by atoms with van der Waals surface area (Å²) in [5.41, 5.74) is 2.23. The van der Waals surface area contributed by atoms with Crippen LogP contribution in [-0.2, 0) is 6.54 Å². The van der Waals surface area contributed by atoms with Crippen molar-refractivity contribution in [1.29, 1.82) is 0 Å². The molecule has 3 rings (SSSR count). The van der Waals surface area contributed by atoms with Gasteiger partial charge < -0.3 is 5.32 Å². The number of fused-ring (bicyclic) bond motifs is 1. The number of anilines is 1. The molecule has 3 aromatic heterocycles. The molecule has 7 nitrogen and oxygen atoms in total. The fourth-order valence-electron chi connectivity index (χ4n) is 2.26. The van der Waals surface area contributed by atoms with Gasteiger partial charge in [-0.25, -0.2) is 0 Å². The van der Waals surface area contributed by atoms with Gasteiger partial charge in [-0.15, -0.1) is 0 Å². The van der Waals surface area contributed by atoms with Crippen LogP contribution < -0.4 is 5.32 Å². The Kier molecular flexibility index (Phi) is 3.74. The first kappa shape index (κ1) is 13.8. The fourth-order valence-corrected chi connectivity index (χ4v) is 2.43. The number of hydrogen-bond donors (Lipinski definition) is 1. The zero-order chi connectivity index (χ0) is 14.8. The van der Waals surface area contributed by atoms with E-state index in [9.17, 15) is 0 Å². The summed E-state index contributed by atoms with van der Waals surface area (Å²) in [5, 5.41) is 12.3. The molecule has 110 valence electrons. The van der Waals surface area contributed by atoms with Crippen molar-refractivity contribution in [2.24, 2.45) is 0 Å². The Hall–Kier alpha value is -2.15. The van der Waals surface area contributed by atoms with Gasteiger partial charge in [-0.3, -0.25) is 4.68 Å². The van der Waals surface area contributed by atoms with Gasteiger partial charge in [0, 0.05) is 24.8 Å². The van der Waals surface area contributed by atoms with E-state index in [0.29, 0.717) is 10.9 Å². The van der Waals surface area contributed by atoms with Gasteiger partial charge in [0.1, 0.15) is 17.3 Å². The molecule has 0 unspecified atom stereocenters. The second kappa shape index (κ2) is 5.69. The predicted octanol–water partition coefficient (Wildman–Crippen LogP) is 2.09. The van der Waals surface area contributed by atoms with Crippen LogP contribution in [0.25, 0.3) is 5.78 Å². The molecule has 8 heteroatoms. The molecule has 0 fully saturated rings. The summed E-state index contributed by atoms with van der Waals surface area (Å²) >= 11 is 5.97. The van der Waals surface area contributed by atoms with Gasteiger partial charge in [0.05, 0.1) is 5.69 Å². The molecule has 21 heavy (non-hydrogen) atoms. The maximum Gasteiger partial charge on any atom is 0.255 e. The molecular formula is C13H16ClN7. The third-order valence-corrected chi connectivity index (χ3v) is 3.37. The summed E-state index contributed by atoms with van der Waals surface area (Å²) in [7, 11) is 0. The van der Waals surface area contributed by atoms with E-state index >= 15 is 0 Å². The van der Waals surface area contributed by atoms with Crippen molar-refractivity contribution in [2.45, 2.75) is 26.8 Å². The Labute approximate surface area is 127 Å². The van der Waals surface area contributed by atoms with E-state index in [4.69, 9.17) is 11.6 Å². The molecule has 0 aliphatic carbocycles. The van der Waals surface area contributed by atoms with E-state index in [0.717, 1.165) is 31.0 Å². The lowest BCUT2D eigenvalue weighted by atomic mass is 10.4. The van der Waals surface area contributed by atoms with Crippen LogP contribution in [0.2, 0.25) is 5.15 Å². The van der Waals surface area contributed by atoms with Crippen molar-refractivity contribution >= 4 is 23.2 Å². The normalized spacial score (nSPS) is 11.2. The van der Waals surface area contributed by atoms with Gasteiger partial charge >= 0.3 is 0 Å². The summed E-state index contributed by atoms with van der Waals surface area (Å²) < 4.78 is 3.65. The first-order valence-electron chi connectivity index (χ1n) is 6.75. The molecule has 0 aromatic carbocycles. The van der Waals surface area contributed by atoms with E-state index in [-0.39, 0.29) is 0 Å². The first-order chi connectivity index (χ1) is 10.1. The molecule has 0 atom stereocenters. The molecule has 0 amide bonds. The second-order valence-electron chi connectivity index (χ2n) is 4.87. The quantitative estimate of drug-likeness (QED) is 0.577. The smallest absolute Gasteiger partial charge is 0.255 e. The maximum absolute atomic E-state index is 5.97. The molecule has 0 spiro atoms. The van der Waals surface area contributed by atoms with Crippen LogP contribution in [0.4, 0.5) is 5.82 Å². The Morgan fingerprint density at radius 3 is 2.90 bits per heavy atom. The third kappa shape index (κ3) is 2.97. The minimum Gasteiger partial charge on any atom is -0.370 e. The Morgan fingerprint density at radius 1 is 1.29 bits per heavy atom. The van der Waals surface area contributed by atoms with Crippen molar-refractivity contribution in [1.82, 2.24) is 29.4 Å². The average molecular weight is 306 g/mol. The molecule has 0 saturated heterocycles. The van der Waals surface area contributed by atoms with Gasteiger partial charge in [0.15, 0.2) is 0 Å². The standard InChI is InChI=1S/C13H16ClN7/c1-9-6-10(2)20(19-9)5-3-4-15-12-7-11(14)18-13-16-8-17-21(12)13/h6-8,15H,3-5H2,1-2H3. The molecule has 0 bridgehead atoms. The topological polar surface area (TPSA) is 72.9 Å². The van der Waals surface area contributed by atoms with Crippen molar-refractivity contribution in [3.05, 3.63) is 35.0 Å². The maximum atomic E-state index is 5.97. The van der Waals surface area contributed by atoms with Gasteiger partial charge in [-0.05, 0) is 26.3 Å². The van der Waals surface area contributed by atoms with Crippen LogP contribution in [0.3, 0.4) is 0 Å². The highest BCUT2D eigenvalue weighted by Crippen LogP contribution is 2.14. The van der Waals surface area contributed by atoms with Crippen LogP contribution in [0.5, 0.6) is 0 Å². The largest absolute Gasteiger partial charge is 0.370 e. The van der Waals surface area contributed by atoms with E-state index in [1.165, 1.54) is 12.0 Å². The molecule has 1 N–H and O–H groups in total. The van der Waals surface area contributed by atoms with Crippen molar-refractivity contribution in [2.75, 3.05) is 11.9 Å². The van der Waals surface area contributed by atoms with Gasteiger partial charge in [-0.1, -0.05) is 11.6 Å². The Balaban J connectivity index is 1.62. The van der Waals surface area contributed by atoms with Crippen molar-refractivity contribution < 1.29 is 0 Å². The third-order valence-electron chi connectivity index (χ3n) is 3.18. The fraction of sp³-hybridized carbons (Fsp3) is 0.385. The van der Waals surface area contributed by atoms with Crippen molar-refractivity contribution in [3.8, 4) is 0 Å². The van der Waals surface area contributed by atoms with Crippen LogP contribution in [0, 0.1) is 13.8 Å². The summed E-state index contributed by atoms with van der Waals surface area (Å²) in [6.07, 6.45) is 2.40. The molecule has 0 radical (unpaired) electrons. The zero-order valence-electron chi connectivity index (χ0n) is 11.9. The highest BCUT2D eigenvalue weighted by Gasteiger charge is 2.06. The van der Waals surface area contributed by atoms with Gasteiger partial charge in [0.25, 0.3) is 5.78 Å².